The second kappa shape index (κ2) is 9.12. The number of aliphatic carboxylic acids is 1. The van der Waals surface area contributed by atoms with Crippen LogP contribution in [0.15, 0.2) is 54.9 Å². The molecule has 1 aromatic heterocycles. The number of rotatable bonds is 7. The standard InChI is InChI=1S/C21H23N3O4/c25-19(26)13-17-9-5-11-24(17)21(28)18(12-15-6-2-1-3-7-15)23-20(27)16-8-4-10-22-14-16/h1-4,6-8,10,14,17-18H,5,9,11-13H2,(H,23,27)(H,25,26). The Labute approximate surface area is 163 Å². The summed E-state index contributed by atoms with van der Waals surface area (Å²) in [5, 5.41) is 11.9. The van der Waals surface area contributed by atoms with E-state index in [0.29, 0.717) is 24.9 Å². The number of benzene rings is 1. The highest BCUT2D eigenvalue weighted by atomic mass is 16.4. The highest BCUT2D eigenvalue weighted by molar-refractivity contribution is 5.97. The Kier molecular flexibility index (Phi) is 6.37. The predicted octanol–water partition coefficient (Wildman–Crippen LogP) is 1.89. The van der Waals surface area contributed by atoms with Crippen molar-refractivity contribution in [2.45, 2.75) is 37.8 Å². The van der Waals surface area contributed by atoms with Crippen LogP contribution in [0.25, 0.3) is 0 Å². The Bertz CT molecular complexity index is 826. The van der Waals surface area contributed by atoms with Crippen molar-refractivity contribution in [3.63, 3.8) is 0 Å². The molecule has 1 aliphatic rings. The third-order valence-electron chi connectivity index (χ3n) is 4.88. The van der Waals surface area contributed by atoms with Crippen LogP contribution in [0.2, 0.25) is 0 Å². The van der Waals surface area contributed by atoms with Gasteiger partial charge in [0.25, 0.3) is 5.91 Å². The second-order valence-electron chi connectivity index (χ2n) is 6.88. The van der Waals surface area contributed by atoms with E-state index in [1.807, 2.05) is 30.3 Å². The van der Waals surface area contributed by atoms with Crippen molar-refractivity contribution in [2.24, 2.45) is 0 Å². The van der Waals surface area contributed by atoms with Crippen molar-refractivity contribution in [3.8, 4) is 0 Å². The highest BCUT2D eigenvalue weighted by Crippen LogP contribution is 2.22. The summed E-state index contributed by atoms with van der Waals surface area (Å²) in [6.07, 6.45) is 4.69. The molecule has 1 aromatic carbocycles. The highest BCUT2D eigenvalue weighted by Gasteiger charge is 2.35. The quantitative estimate of drug-likeness (QED) is 0.763. The third-order valence-corrected chi connectivity index (χ3v) is 4.88. The van der Waals surface area contributed by atoms with Crippen molar-refractivity contribution in [1.82, 2.24) is 15.2 Å². The van der Waals surface area contributed by atoms with Crippen LogP contribution in [0.3, 0.4) is 0 Å². The molecule has 1 fully saturated rings. The topological polar surface area (TPSA) is 99.6 Å². The number of hydrogen-bond donors (Lipinski definition) is 2. The Morgan fingerprint density at radius 2 is 1.96 bits per heavy atom. The smallest absolute Gasteiger partial charge is 0.305 e. The third kappa shape index (κ3) is 4.94. The van der Waals surface area contributed by atoms with E-state index in [0.717, 1.165) is 12.0 Å². The number of carboxylic acids is 1. The molecule has 2 aromatic rings. The van der Waals surface area contributed by atoms with E-state index < -0.39 is 12.0 Å². The first-order valence-corrected chi connectivity index (χ1v) is 9.31. The van der Waals surface area contributed by atoms with Gasteiger partial charge in [0.1, 0.15) is 6.04 Å². The maximum Gasteiger partial charge on any atom is 0.305 e. The lowest BCUT2D eigenvalue weighted by molar-refractivity contribution is -0.140. The molecule has 2 unspecified atom stereocenters. The van der Waals surface area contributed by atoms with Gasteiger partial charge < -0.3 is 15.3 Å². The van der Waals surface area contributed by atoms with E-state index in [1.165, 1.54) is 6.20 Å². The largest absolute Gasteiger partial charge is 0.481 e. The lowest BCUT2D eigenvalue weighted by atomic mass is 10.0. The Balaban J connectivity index is 1.79. The van der Waals surface area contributed by atoms with Gasteiger partial charge in [0.05, 0.1) is 12.0 Å². The van der Waals surface area contributed by atoms with Gasteiger partial charge in [-0.15, -0.1) is 0 Å². The minimum absolute atomic E-state index is 0.0830. The maximum absolute atomic E-state index is 13.2. The lowest BCUT2D eigenvalue weighted by Crippen LogP contribution is -2.51. The SMILES string of the molecule is O=C(O)CC1CCCN1C(=O)C(Cc1ccccc1)NC(=O)c1cccnc1. The number of carboxylic acid groups (broad SMARTS) is 1. The average Bonchev–Trinajstić information content (AvgIpc) is 3.15. The number of carbonyl (C=O) groups is 3. The zero-order valence-corrected chi connectivity index (χ0v) is 15.5. The van der Waals surface area contributed by atoms with Crippen molar-refractivity contribution in [2.75, 3.05) is 6.54 Å². The van der Waals surface area contributed by atoms with Gasteiger partial charge in [-0.05, 0) is 30.5 Å². The molecule has 1 saturated heterocycles. The molecule has 2 heterocycles. The maximum atomic E-state index is 13.2. The van der Waals surface area contributed by atoms with E-state index in [9.17, 15) is 14.4 Å². The number of nitrogens with one attached hydrogen (secondary N) is 1. The number of likely N-dealkylation sites (tertiary alicyclic amines) is 1. The van der Waals surface area contributed by atoms with Gasteiger partial charge in [-0.3, -0.25) is 19.4 Å². The molecule has 28 heavy (non-hydrogen) atoms. The first kappa shape index (κ1) is 19.5. The van der Waals surface area contributed by atoms with E-state index in [1.54, 1.807) is 23.2 Å². The number of pyridine rings is 1. The minimum Gasteiger partial charge on any atom is -0.481 e. The first-order chi connectivity index (χ1) is 13.5. The van der Waals surface area contributed by atoms with Crippen LogP contribution >= 0.6 is 0 Å². The molecule has 0 aliphatic carbocycles. The zero-order valence-electron chi connectivity index (χ0n) is 15.5. The fourth-order valence-electron chi connectivity index (χ4n) is 3.53. The normalized spacial score (nSPS) is 17.1. The fourth-order valence-corrected chi connectivity index (χ4v) is 3.53. The second-order valence-corrected chi connectivity index (χ2v) is 6.88. The molecular formula is C21H23N3O4. The number of nitrogens with zero attached hydrogens (tertiary/aromatic N) is 2. The molecule has 0 radical (unpaired) electrons. The van der Waals surface area contributed by atoms with Crippen molar-refractivity contribution in [3.05, 3.63) is 66.0 Å². The Hall–Kier alpha value is -3.22. The van der Waals surface area contributed by atoms with Crippen LogP contribution in [0.4, 0.5) is 0 Å². The molecule has 0 spiro atoms. The van der Waals surface area contributed by atoms with E-state index in [-0.39, 0.29) is 24.3 Å². The number of amides is 2. The fraction of sp³-hybridized carbons (Fsp3) is 0.333. The summed E-state index contributed by atoms with van der Waals surface area (Å²) >= 11 is 0. The molecule has 2 amide bonds. The Morgan fingerprint density at radius 1 is 1.18 bits per heavy atom. The van der Waals surface area contributed by atoms with Gasteiger partial charge in [-0.25, -0.2) is 0 Å². The van der Waals surface area contributed by atoms with Gasteiger partial charge in [0, 0.05) is 31.4 Å². The Morgan fingerprint density at radius 3 is 2.64 bits per heavy atom. The summed E-state index contributed by atoms with van der Waals surface area (Å²) in [7, 11) is 0. The number of hydrogen-bond acceptors (Lipinski definition) is 4. The molecule has 2 atom stereocenters. The zero-order chi connectivity index (χ0) is 19.9. The molecule has 0 bridgehead atoms. The summed E-state index contributed by atoms with van der Waals surface area (Å²) < 4.78 is 0. The van der Waals surface area contributed by atoms with Crippen LogP contribution in [-0.2, 0) is 16.0 Å². The molecule has 146 valence electrons. The van der Waals surface area contributed by atoms with E-state index in [4.69, 9.17) is 5.11 Å². The summed E-state index contributed by atoms with van der Waals surface area (Å²) in [4.78, 5) is 42.5. The molecule has 7 heteroatoms. The van der Waals surface area contributed by atoms with Crippen molar-refractivity contribution in [1.29, 1.82) is 0 Å². The summed E-state index contributed by atoms with van der Waals surface area (Å²) in [5.74, 6) is -1.55. The van der Waals surface area contributed by atoms with Gasteiger partial charge in [0.2, 0.25) is 5.91 Å². The van der Waals surface area contributed by atoms with E-state index >= 15 is 0 Å². The number of aromatic nitrogens is 1. The monoisotopic (exact) mass is 381 g/mol. The molecule has 7 nitrogen and oxygen atoms in total. The van der Waals surface area contributed by atoms with Crippen LogP contribution in [0.1, 0.15) is 35.2 Å². The van der Waals surface area contributed by atoms with Crippen LogP contribution in [-0.4, -0.2) is 51.4 Å². The van der Waals surface area contributed by atoms with Gasteiger partial charge in [-0.1, -0.05) is 30.3 Å². The molecule has 0 saturated carbocycles. The summed E-state index contributed by atoms with van der Waals surface area (Å²) in [6, 6.07) is 11.6. The lowest BCUT2D eigenvalue weighted by Gasteiger charge is -2.29. The predicted molar refractivity (Wildman–Crippen MR) is 103 cm³/mol. The van der Waals surface area contributed by atoms with E-state index in [2.05, 4.69) is 10.3 Å². The molecule has 2 N–H and O–H groups in total. The van der Waals surface area contributed by atoms with Crippen molar-refractivity contribution < 1.29 is 19.5 Å². The molecular weight excluding hydrogens is 358 g/mol. The average molecular weight is 381 g/mol. The van der Waals surface area contributed by atoms with Crippen LogP contribution in [0, 0.1) is 0 Å². The van der Waals surface area contributed by atoms with Gasteiger partial charge in [-0.2, -0.15) is 0 Å². The molecule has 3 rings (SSSR count). The summed E-state index contributed by atoms with van der Waals surface area (Å²) in [5.41, 5.74) is 1.29. The van der Waals surface area contributed by atoms with Gasteiger partial charge >= 0.3 is 5.97 Å². The van der Waals surface area contributed by atoms with Crippen LogP contribution in [0.5, 0.6) is 0 Å². The minimum atomic E-state index is -0.927. The van der Waals surface area contributed by atoms with Crippen molar-refractivity contribution >= 4 is 17.8 Å². The number of carbonyl (C=O) groups excluding carboxylic acids is 2. The first-order valence-electron chi connectivity index (χ1n) is 9.31. The summed E-state index contributed by atoms with van der Waals surface area (Å²) in [6.45, 7) is 0.505. The molecule has 1 aliphatic heterocycles. The van der Waals surface area contributed by atoms with Gasteiger partial charge in [0.15, 0.2) is 0 Å². The van der Waals surface area contributed by atoms with Crippen LogP contribution < -0.4 is 5.32 Å².